The summed E-state index contributed by atoms with van der Waals surface area (Å²) in [6.07, 6.45) is 2.61. The van der Waals surface area contributed by atoms with Gasteiger partial charge in [-0.25, -0.2) is 0 Å². The maximum atomic E-state index is 12.5. The van der Waals surface area contributed by atoms with Crippen molar-refractivity contribution in [1.29, 1.82) is 0 Å². The van der Waals surface area contributed by atoms with Crippen LogP contribution in [0.5, 0.6) is 0 Å². The number of thioether (sulfide) groups is 1. The summed E-state index contributed by atoms with van der Waals surface area (Å²) >= 11 is 1.33. The number of fused-ring (bicyclic) bond motifs is 3. The molecule has 2 aromatic heterocycles. The van der Waals surface area contributed by atoms with Crippen LogP contribution in [0.25, 0.3) is 16.7 Å². The number of hydrogen-bond donors (Lipinski definition) is 0. The fraction of sp³-hybridized carbons (Fsp3) is 0.412. The lowest BCUT2D eigenvalue weighted by atomic mass is 10.2. The second-order valence-electron chi connectivity index (χ2n) is 5.77. The summed E-state index contributed by atoms with van der Waals surface area (Å²) in [5.74, 6) is 0.176. The van der Waals surface area contributed by atoms with E-state index in [1.165, 1.54) is 23.4 Å². The average Bonchev–Trinajstić information content (AvgIpc) is 3.06. The number of hydrogen-bond acceptors (Lipinski definition) is 6. The molecule has 1 aromatic carbocycles. The number of carbonyl (C=O) groups is 1. The zero-order chi connectivity index (χ0) is 18.0. The molecular weight excluding hydrogens is 340 g/mol. The second-order valence-corrected chi connectivity index (χ2v) is 6.94. The van der Waals surface area contributed by atoms with Gasteiger partial charge in [0.1, 0.15) is 5.25 Å². The summed E-state index contributed by atoms with van der Waals surface area (Å²) < 4.78 is 8.22. The number of ether oxygens (including phenoxy) is 1. The first-order chi connectivity index (χ1) is 12.1. The number of benzene rings is 1. The number of nitrogens with zero attached hydrogens (tertiary/aromatic N) is 4. The van der Waals surface area contributed by atoms with Crippen LogP contribution in [0.4, 0.5) is 0 Å². The lowest BCUT2D eigenvalue weighted by molar-refractivity contribution is -0.140. The van der Waals surface area contributed by atoms with Crippen molar-refractivity contribution in [3.05, 3.63) is 34.6 Å². The van der Waals surface area contributed by atoms with Crippen LogP contribution in [0.2, 0.25) is 0 Å². The van der Waals surface area contributed by atoms with Crippen LogP contribution < -0.4 is 5.56 Å². The fourth-order valence-electron chi connectivity index (χ4n) is 2.76. The topological polar surface area (TPSA) is 78.5 Å². The third kappa shape index (κ3) is 3.13. The molecule has 0 amide bonds. The molecule has 0 aliphatic carbocycles. The van der Waals surface area contributed by atoms with E-state index in [1.807, 2.05) is 22.6 Å². The molecule has 3 rings (SSSR count). The Morgan fingerprint density at radius 2 is 2.08 bits per heavy atom. The minimum absolute atomic E-state index is 0.123. The Morgan fingerprint density at radius 3 is 2.80 bits per heavy atom. The third-order valence-electron chi connectivity index (χ3n) is 4.13. The highest BCUT2D eigenvalue weighted by atomic mass is 32.2. The van der Waals surface area contributed by atoms with Crippen LogP contribution in [0, 0.1) is 0 Å². The highest BCUT2D eigenvalue weighted by Gasteiger charge is 2.24. The molecule has 1 unspecified atom stereocenters. The van der Waals surface area contributed by atoms with E-state index in [0.29, 0.717) is 22.7 Å². The van der Waals surface area contributed by atoms with Crippen LogP contribution in [0.15, 0.2) is 34.2 Å². The Morgan fingerprint density at radius 1 is 1.32 bits per heavy atom. The summed E-state index contributed by atoms with van der Waals surface area (Å²) in [5.41, 5.74) is 0.606. The highest BCUT2D eigenvalue weighted by molar-refractivity contribution is 8.00. The molecule has 1 atom stereocenters. The molecule has 3 aromatic rings. The number of esters is 1. The van der Waals surface area contributed by atoms with Crippen molar-refractivity contribution in [2.75, 3.05) is 7.11 Å². The van der Waals surface area contributed by atoms with Gasteiger partial charge in [0, 0.05) is 7.05 Å². The van der Waals surface area contributed by atoms with Crippen LogP contribution in [-0.4, -0.2) is 37.5 Å². The first-order valence-corrected chi connectivity index (χ1v) is 9.03. The summed E-state index contributed by atoms with van der Waals surface area (Å²) in [6.45, 7) is 2.08. The number of methoxy groups -OCH3 is 1. The van der Waals surface area contributed by atoms with Gasteiger partial charge in [-0.3, -0.25) is 18.6 Å². The molecule has 0 radical (unpaired) electrons. The summed E-state index contributed by atoms with van der Waals surface area (Å²) in [5, 5.41) is 9.18. The number of aromatic nitrogens is 4. The first-order valence-electron chi connectivity index (χ1n) is 8.15. The van der Waals surface area contributed by atoms with E-state index in [-0.39, 0.29) is 16.8 Å². The largest absolute Gasteiger partial charge is 0.468 e. The normalized spacial score (nSPS) is 12.6. The van der Waals surface area contributed by atoms with E-state index in [4.69, 9.17) is 4.74 Å². The molecule has 0 bridgehead atoms. The molecular formula is C17H20N4O3S. The Balaban J connectivity index is 2.14. The monoisotopic (exact) mass is 360 g/mol. The van der Waals surface area contributed by atoms with Crippen molar-refractivity contribution < 1.29 is 9.53 Å². The number of para-hydroxylation sites is 1. The lowest BCUT2D eigenvalue weighted by Crippen LogP contribution is -2.21. The van der Waals surface area contributed by atoms with Crippen LogP contribution in [0.3, 0.4) is 0 Å². The minimum atomic E-state index is -0.353. The van der Waals surface area contributed by atoms with E-state index in [2.05, 4.69) is 17.1 Å². The Hall–Kier alpha value is -2.35. The zero-order valence-electron chi connectivity index (χ0n) is 14.4. The van der Waals surface area contributed by atoms with E-state index in [1.54, 1.807) is 13.1 Å². The minimum Gasteiger partial charge on any atom is -0.468 e. The van der Waals surface area contributed by atoms with Crippen LogP contribution >= 0.6 is 11.8 Å². The van der Waals surface area contributed by atoms with Gasteiger partial charge in [-0.15, -0.1) is 10.2 Å². The van der Waals surface area contributed by atoms with Gasteiger partial charge < -0.3 is 4.74 Å². The van der Waals surface area contributed by atoms with Crippen LogP contribution in [-0.2, 0) is 16.6 Å². The smallest absolute Gasteiger partial charge is 0.319 e. The van der Waals surface area contributed by atoms with Crippen molar-refractivity contribution in [2.45, 2.75) is 36.6 Å². The Kier molecular flexibility index (Phi) is 5.08. The number of carbonyl (C=O) groups excluding carboxylic acids is 1. The van der Waals surface area contributed by atoms with Gasteiger partial charge in [0.25, 0.3) is 5.56 Å². The van der Waals surface area contributed by atoms with Gasteiger partial charge in [0.2, 0.25) is 5.78 Å². The molecule has 2 heterocycles. The van der Waals surface area contributed by atoms with Gasteiger partial charge >= 0.3 is 5.97 Å². The highest BCUT2D eigenvalue weighted by Crippen LogP contribution is 2.28. The van der Waals surface area contributed by atoms with Gasteiger partial charge in [-0.2, -0.15) is 0 Å². The predicted octanol–water partition coefficient (Wildman–Crippen LogP) is 2.41. The SMILES string of the molecule is CCCCC(Sc1nnc2n(C)c(=O)c3ccccc3n12)C(=O)OC. The van der Waals surface area contributed by atoms with Gasteiger partial charge in [0.05, 0.1) is 18.0 Å². The lowest BCUT2D eigenvalue weighted by Gasteiger charge is -2.13. The second kappa shape index (κ2) is 7.26. The van der Waals surface area contributed by atoms with Crippen molar-refractivity contribution >= 4 is 34.4 Å². The van der Waals surface area contributed by atoms with Crippen LogP contribution in [0.1, 0.15) is 26.2 Å². The average molecular weight is 360 g/mol. The maximum Gasteiger partial charge on any atom is 0.319 e. The summed E-state index contributed by atoms with van der Waals surface area (Å²) in [4.78, 5) is 24.6. The van der Waals surface area contributed by atoms with Crippen molar-refractivity contribution in [3.63, 3.8) is 0 Å². The number of rotatable bonds is 6. The maximum absolute atomic E-state index is 12.5. The fourth-order valence-corrected chi connectivity index (χ4v) is 3.87. The molecule has 0 saturated carbocycles. The standard InChI is InChI=1S/C17H20N4O3S/c1-4-5-10-13(15(23)24-3)25-17-19-18-16-20(2)14(22)11-8-6-7-9-12(11)21(16)17/h6-9,13H,4-5,10H2,1-3H3. The number of unbranched alkanes of at least 4 members (excludes halogenated alkanes) is 1. The van der Waals surface area contributed by atoms with E-state index in [9.17, 15) is 9.59 Å². The molecule has 0 fully saturated rings. The predicted molar refractivity (Wildman–Crippen MR) is 96.9 cm³/mol. The molecule has 0 N–H and O–H groups in total. The number of aryl methyl sites for hydroxylation is 1. The third-order valence-corrected chi connectivity index (χ3v) is 5.32. The summed E-state index contributed by atoms with van der Waals surface area (Å²) in [6, 6.07) is 7.33. The van der Waals surface area contributed by atoms with Gasteiger partial charge in [-0.05, 0) is 18.6 Å². The Labute approximate surface area is 149 Å². The molecule has 0 aliphatic heterocycles. The molecule has 7 nitrogen and oxygen atoms in total. The molecule has 132 valence electrons. The quantitative estimate of drug-likeness (QED) is 0.496. The molecule has 0 aliphatic rings. The zero-order valence-corrected chi connectivity index (χ0v) is 15.2. The molecule has 25 heavy (non-hydrogen) atoms. The first kappa shape index (κ1) is 17.5. The molecule has 8 heteroatoms. The summed E-state index contributed by atoms with van der Waals surface area (Å²) in [7, 11) is 3.06. The van der Waals surface area contributed by atoms with Crippen molar-refractivity contribution in [2.24, 2.45) is 7.05 Å². The van der Waals surface area contributed by atoms with E-state index in [0.717, 1.165) is 18.4 Å². The van der Waals surface area contributed by atoms with Gasteiger partial charge in [0.15, 0.2) is 5.16 Å². The van der Waals surface area contributed by atoms with Gasteiger partial charge in [-0.1, -0.05) is 43.7 Å². The van der Waals surface area contributed by atoms with Crippen molar-refractivity contribution in [1.82, 2.24) is 19.2 Å². The Bertz CT molecular complexity index is 979. The molecule has 0 spiro atoms. The van der Waals surface area contributed by atoms with E-state index < -0.39 is 0 Å². The molecule has 0 saturated heterocycles. The van der Waals surface area contributed by atoms with E-state index >= 15 is 0 Å². The van der Waals surface area contributed by atoms with Crippen molar-refractivity contribution in [3.8, 4) is 0 Å².